The molecule has 0 unspecified atom stereocenters. The smallest absolute Gasteiger partial charge is 0.170 e. The fraction of sp³-hybridized carbons (Fsp3) is 0.333. The molecule has 3 aromatic rings. The Kier molecular flexibility index (Phi) is 5.77. The number of methoxy groups -OCH3 is 1. The molecular weight excluding hydrogens is 392 g/mol. The van der Waals surface area contributed by atoms with Crippen molar-refractivity contribution >= 4 is 17.3 Å². The quantitative estimate of drug-likeness (QED) is 0.579. The summed E-state index contributed by atoms with van der Waals surface area (Å²) < 4.78 is 7.65. The van der Waals surface area contributed by atoms with Crippen LogP contribution < -0.4 is 10.1 Å². The fourth-order valence-electron chi connectivity index (χ4n) is 4.19. The van der Waals surface area contributed by atoms with Crippen molar-refractivity contribution in [2.75, 3.05) is 13.7 Å². The van der Waals surface area contributed by atoms with E-state index in [1.807, 2.05) is 30.5 Å². The summed E-state index contributed by atoms with van der Waals surface area (Å²) in [5.41, 5.74) is 4.48. The van der Waals surface area contributed by atoms with Crippen molar-refractivity contribution < 1.29 is 4.74 Å². The van der Waals surface area contributed by atoms with E-state index >= 15 is 0 Å². The number of rotatable bonds is 6. The first-order valence-corrected chi connectivity index (χ1v) is 10.7. The lowest BCUT2D eigenvalue weighted by Gasteiger charge is -2.30. The molecule has 1 fully saturated rings. The summed E-state index contributed by atoms with van der Waals surface area (Å²) in [6, 6.07) is 18.7. The van der Waals surface area contributed by atoms with Gasteiger partial charge in [-0.3, -0.25) is 4.98 Å². The zero-order chi connectivity index (χ0) is 21.3. The van der Waals surface area contributed by atoms with Crippen molar-refractivity contribution in [3.8, 4) is 11.4 Å². The zero-order valence-corrected chi connectivity index (χ0v) is 18.7. The van der Waals surface area contributed by atoms with Gasteiger partial charge in [0.2, 0.25) is 0 Å². The van der Waals surface area contributed by atoms with Crippen LogP contribution in [0.25, 0.3) is 5.69 Å². The summed E-state index contributed by atoms with van der Waals surface area (Å²) in [7, 11) is 1.69. The second-order valence-electron chi connectivity index (χ2n) is 8.11. The van der Waals surface area contributed by atoms with Gasteiger partial charge < -0.3 is 19.5 Å². The van der Waals surface area contributed by atoms with E-state index in [4.69, 9.17) is 17.0 Å². The number of pyridine rings is 1. The molecule has 2 aromatic heterocycles. The molecule has 0 amide bonds. The Bertz CT molecular complexity index is 1010. The number of hydrogen-bond acceptors (Lipinski definition) is 3. The molecule has 0 aliphatic carbocycles. The van der Waals surface area contributed by atoms with E-state index in [0.29, 0.717) is 5.92 Å². The van der Waals surface area contributed by atoms with Crippen molar-refractivity contribution in [3.05, 3.63) is 77.9 Å². The van der Waals surface area contributed by atoms with Crippen LogP contribution in [0.5, 0.6) is 5.75 Å². The Labute approximate surface area is 183 Å². The molecule has 5 nitrogen and oxygen atoms in total. The second-order valence-corrected chi connectivity index (χ2v) is 8.49. The number of ether oxygens (including phenoxy) is 1. The minimum Gasteiger partial charge on any atom is -0.497 e. The third kappa shape index (κ3) is 3.79. The number of aromatic nitrogens is 2. The van der Waals surface area contributed by atoms with E-state index in [9.17, 15) is 0 Å². The van der Waals surface area contributed by atoms with E-state index in [1.54, 1.807) is 7.11 Å². The largest absolute Gasteiger partial charge is 0.497 e. The summed E-state index contributed by atoms with van der Waals surface area (Å²) in [4.78, 5) is 6.96. The Morgan fingerprint density at radius 3 is 2.50 bits per heavy atom. The van der Waals surface area contributed by atoms with Gasteiger partial charge in [0.15, 0.2) is 5.11 Å². The van der Waals surface area contributed by atoms with Crippen molar-refractivity contribution in [1.82, 2.24) is 19.8 Å². The highest BCUT2D eigenvalue weighted by molar-refractivity contribution is 7.80. The summed E-state index contributed by atoms with van der Waals surface area (Å²) in [5, 5.41) is 4.32. The second kappa shape index (κ2) is 8.48. The molecule has 4 rings (SSSR count). The molecule has 0 spiro atoms. The van der Waals surface area contributed by atoms with Gasteiger partial charge in [0.05, 0.1) is 24.9 Å². The lowest BCUT2D eigenvalue weighted by atomic mass is 10.0. The molecule has 1 saturated heterocycles. The van der Waals surface area contributed by atoms with Gasteiger partial charge in [-0.1, -0.05) is 19.9 Å². The normalized spacial score (nSPS) is 18.7. The van der Waals surface area contributed by atoms with E-state index in [2.05, 4.69) is 70.9 Å². The van der Waals surface area contributed by atoms with E-state index < -0.39 is 0 Å². The highest BCUT2D eigenvalue weighted by atomic mass is 32.1. The summed E-state index contributed by atoms with van der Waals surface area (Å²) >= 11 is 5.77. The van der Waals surface area contributed by atoms with E-state index in [1.165, 1.54) is 11.4 Å². The number of nitrogens with one attached hydrogen (secondary N) is 1. The summed E-state index contributed by atoms with van der Waals surface area (Å²) in [6.45, 7) is 7.47. The standard InChI is InChI=1S/C24H28N4OS/c1-16(2)15-27-23(22(26-24(27)30)20-7-5-6-14-25-20)21-13-8-17(3)28(21)18-9-11-19(29-4)12-10-18/h5-14,16,22-23H,15H2,1-4H3,(H,26,30)/t22-,23-/m1/s1. The maximum atomic E-state index is 5.77. The molecule has 0 radical (unpaired) electrons. The zero-order valence-electron chi connectivity index (χ0n) is 17.9. The van der Waals surface area contributed by atoms with E-state index in [0.717, 1.165) is 28.8 Å². The van der Waals surface area contributed by atoms with Gasteiger partial charge in [0.25, 0.3) is 0 Å². The van der Waals surface area contributed by atoms with Crippen molar-refractivity contribution in [2.45, 2.75) is 32.9 Å². The van der Waals surface area contributed by atoms with Crippen LogP contribution in [0, 0.1) is 12.8 Å². The minimum atomic E-state index is -0.0104. The van der Waals surface area contributed by atoms with E-state index in [-0.39, 0.29) is 12.1 Å². The topological polar surface area (TPSA) is 42.3 Å². The first-order valence-electron chi connectivity index (χ1n) is 10.3. The van der Waals surface area contributed by atoms with Gasteiger partial charge in [-0.05, 0) is 73.6 Å². The van der Waals surface area contributed by atoms with Crippen molar-refractivity contribution in [1.29, 1.82) is 0 Å². The maximum Gasteiger partial charge on any atom is 0.170 e. The maximum absolute atomic E-state index is 5.77. The van der Waals surface area contributed by atoms with Gasteiger partial charge in [-0.25, -0.2) is 0 Å². The van der Waals surface area contributed by atoms with Crippen LogP contribution in [-0.4, -0.2) is 33.2 Å². The summed E-state index contributed by atoms with van der Waals surface area (Å²) in [5.74, 6) is 1.34. The fourth-order valence-corrected chi connectivity index (χ4v) is 4.51. The van der Waals surface area contributed by atoms with Crippen LogP contribution in [0.2, 0.25) is 0 Å². The lowest BCUT2D eigenvalue weighted by molar-refractivity contribution is 0.280. The predicted molar refractivity (Wildman–Crippen MR) is 124 cm³/mol. The van der Waals surface area contributed by atoms with Crippen LogP contribution in [-0.2, 0) is 0 Å². The van der Waals surface area contributed by atoms with Gasteiger partial charge in [0.1, 0.15) is 5.75 Å². The Morgan fingerprint density at radius 1 is 1.10 bits per heavy atom. The minimum absolute atomic E-state index is 0.0104. The monoisotopic (exact) mass is 420 g/mol. The molecule has 1 N–H and O–H groups in total. The molecule has 2 atom stereocenters. The third-order valence-electron chi connectivity index (χ3n) is 5.50. The molecule has 1 aromatic carbocycles. The third-order valence-corrected chi connectivity index (χ3v) is 5.85. The highest BCUT2D eigenvalue weighted by Crippen LogP contribution is 2.40. The number of thiocarbonyl (C=S) groups is 1. The van der Waals surface area contributed by atoms with Crippen molar-refractivity contribution in [2.24, 2.45) is 5.92 Å². The lowest BCUT2D eigenvalue weighted by Crippen LogP contribution is -2.33. The molecule has 6 heteroatoms. The first-order chi connectivity index (χ1) is 14.5. The van der Waals surface area contributed by atoms with Gasteiger partial charge in [-0.15, -0.1) is 0 Å². The Morgan fingerprint density at radius 2 is 1.87 bits per heavy atom. The number of nitrogens with zero attached hydrogens (tertiary/aromatic N) is 3. The molecule has 1 aliphatic rings. The Hall–Kier alpha value is -2.86. The first kappa shape index (κ1) is 20.4. The summed E-state index contributed by atoms with van der Waals surface area (Å²) in [6.07, 6.45) is 1.84. The average Bonchev–Trinajstić information content (AvgIpc) is 3.28. The van der Waals surface area contributed by atoms with Crippen LogP contribution in [0.1, 0.15) is 43.0 Å². The molecule has 3 heterocycles. The van der Waals surface area contributed by atoms with Gasteiger partial charge in [-0.2, -0.15) is 0 Å². The molecular formula is C24H28N4OS. The molecule has 156 valence electrons. The highest BCUT2D eigenvalue weighted by Gasteiger charge is 2.41. The van der Waals surface area contributed by atoms with Crippen LogP contribution in [0.4, 0.5) is 0 Å². The van der Waals surface area contributed by atoms with Gasteiger partial charge in [0, 0.05) is 29.8 Å². The van der Waals surface area contributed by atoms with Gasteiger partial charge >= 0.3 is 0 Å². The number of hydrogen-bond donors (Lipinski definition) is 1. The SMILES string of the molecule is COc1ccc(-n2c(C)ccc2[C@@H]2[C@@H](c3ccccn3)NC(=S)N2CC(C)C)cc1. The van der Waals surface area contributed by atoms with Crippen LogP contribution in [0.15, 0.2) is 60.8 Å². The number of aryl methyl sites for hydroxylation is 1. The predicted octanol–water partition coefficient (Wildman–Crippen LogP) is 4.82. The number of benzene rings is 1. The van der Waals surface area contributed by atoms with Crippen LogP contribution >= 0.6 is 12.2 Å². The van der Waals surface area contributed by atoms with Crippen molar-refractivity contribution in [3.63, 3.8) is 0 Å². The molecule has 0 bridgehead atoms. The molecule has 0 saturated carbocycles. The Balaban J connectivity index is 1.83. The van der Waals surface area contributed by atoms with Crippen LogP contribution in [0.3, 0.4) is 0 Å². The average molecular weight is 421 g/mol. The molecule has 1 aliphatic heterocycles. The molecule has 30 heavy (non-hydrogen) atoms.